The van der Waals surface area contributed by atoms with Crippen molar-refractivity contribution in [2.24, 2.45) is 0 Å². The van der Waals surface area contributed by atoms with Crippen LogP contribution >= 0.6 is 11.8 Å². The summed E-state index contributed by atoms with van der Waals surface area (Å²) in [5, 5.41) is 7.94. The molecule has 0 spiro atoms. The van der Waals surface area contributed by atoms with E-state index < -0.39 is 0 Å². The van der Waals surface area contributed by atoms with Gasteiger partial charge in [-0.15, -0.1) is 0 Å². The molecule has 0 saturated carbocycles. The number of thioether (sulfide) groups is 1. The summed E-state index contributed by atoms with van der Waals surface area (Å²) in [4.78, 5) is 33.4. The zero-order chi connectivity index (χ0) is 15.2. The first-order valence-electron chi connectivity index (χ1n) is 6.85. The lowest BCUT2D eigenvalue weighted by atomic mass is 10.2. The zero-order valence-corrected chi connectivity index (χ0v) is 13.1. The van der Waals surface area contributed by atoms with Crippen LogP contribution in [-0.4, -0.2) is 49.9 Å². The van der Waals surface area contributed by atoms with Crippen LogP contribution in [0, 0.1) is 0 Å². The lowest BCUT2D eigenvalue weighted by Crippen LogP contribution is -2.25. The van der Waals surface area contributed by atoms with Crippen molar-refractivity contribution in [3.63, 3.8) is 0 Å². The normalized spacial score (nSPS) is 9.90. The molecule has 0 bridgehead atoms. The van der Waals surface area contributed by atoms with Gasteiger partial charge in [0, 0.05) is 39.2 Å². The van der Waals surface area contributed by atoms with Gasteiger partial charge in [-0.3, -0.25) is 14.4 Å². The molecule has 0 aromatic carbocycles. The molecule has 7 heteroatoms. The smallest absolute Gasteiger partial charge is 0.229 e. The van der Waals surface area contributed by atoms with E-state index in [9.17, 15) is 14.4 Å². The summed E-state index contributed by atoms with van der Waals surface area (Å²) in [5.74, 6) is 1.09. The van der Waals surface area contributed by atoms with Gasteiger partial charge in [-0.25, -0.2) is 0 Å². The Morgan fingerprint density at radius 2 is 1.55 bits per heavy atom. The van der Waals surface area contributed by atoms with Crippen molar-refractivity contribution in [2.45, 2.75) is 32.1 Å². The van der Waals surface area contributed by atoms with Crippen LogP contribution in [0.2, 0.25) is 0 Å². The molecule has 6 nitrogen and oxygen atoms in total. The molecule has 0 radical (unpaired) electrons. The maximum Gasteiger partial charge on any atom is 0.229 e. The van der Waals surface area contributed by atoms with E-state index in [1.807, 2.05) is 0 Å². The molecule has 0 atom stereocenters. The number of hydrogen-bond donors (Lipinski definition) is 3. The molecular formula is C13H25N3O3S. The average molecular weight is 303 g/mol. The summed E-state index contributed by atoms with van der Waals surface area (Å²) in [6.07, 6.45) is 3.63. The first-order valence-corrected chi connectivity index (χ1v) is 8.01. The number of nitrogens with one attached hydrogen (secondary N) is 3. The molecule has 0 aliphatic carbocycles. The van der Waals surface area contributed by atoms with Crippen LogP contribution < -0.4 is 16.0 Å². The summed E-state index contributed by atoms with van der Waals surface area (Å²) in [6.45, 7) is 0.646. The van der Waals surface area contributed by atoms with Crippen LogP contribution in [0.15, 0.2) is 0 Å². The van der Waals surface area contributed by atoms with Crippen molar-refractivity contribution in [3.05, 3.63) is 0 Å². The number of carbonyl (C=O) groups excluding carboxylic acids is 3. The summed E-state index contributed by atoms with van der Waals surface area (Å²) in [7, 11) is 3.23. The fourth-order valence-corrected chi connectivity index (χ4v) is 2.23. The van der Waals surface area contributed by atoms with Crippen molar-refractivity contribution < 1.29 is 14.4 Å². The molecule has 0 aliphatic heterocycles. The van der Waals surface area contributed by atoms with E-state index in [1.165, 1.54) is 11.8 Å². The van der Waals surface area contributed by atoms with E-state index in [1.54, 1.807) is 14.1 Å². The van der Waals surface area contributed by atoms with Gasteiger partial charge in [-0.2, -0.15) is 11.8 Å². The van der Waals surface area contributed by atoms with E-state index in [-0.39, 0.29) is 17.7 Å². The fraction of sp³-hybridized carbons (Fsp3) is 0.769. The minimum absolute atomic E-state index is 0.0145. The highest BCUT2D eigenvalue weighted by Gasteiger charge is 2.03. The Bertz CT molecular complexity index is 311. The summed E-state index contributed by atoms with van der Waals surface area (Å²) in [6, 6.07) is 0. The molecular weight excluding hydrogens is 278 g/mol. The van der Waals surface area contributed by atoms with Gasteiger partial charge in [-0.1, -0.05) is 6.42 Å². The van der Waals surface area contributed by atoms with E-state index in [0.717, 1.165) is 19.3 Å². The fourth-order valence-electron chi connectivity index (χ4n) is 1.43. The van der Waals surface area contributed by atoms with E-state index >= 15 is 0 Å². The highest BCUT2D eigenvalue weighted by molar-refractivity contribution is 7.99. The monoisotopic (exact) mass is 303 g/mol. The van der Waals surface area contributed by atoms with Crippen LogP contribution in [0.25, 0.3) is 0 Å². The predicted octanol–water partition coefficient (Wildman–Crippen LogP) is 0.278. The Morgan fingerprint density at radius 1 is 0.850 bits per heavy atom. The Labute approximate surface area is 124 Å². The first kappa shape index (κ1) is 18.8. The third kappa shape index (κ3) is 11.8. The topological polar surface area (TPSA) is 87.3 Å². The molecule has 0 aliphatic rings. The van der Waals surface area contributed by atoms with Gasteiger partial charge in [0.2, 0.25) is 17.7 Å². The molecule has 20 heavy (non-hydrogen) atoms. The van der Waals surface area contributed by atoms with Gasteiger partial charge in [0.1, 0.15) is 0 Å². The minimum Gasteiger partial charge on any atom is -0.359 e. The van der Waals surface area contributed by atoms with Crippen molar-refractivity contribution >= 4 is 29.5 Å². The molecule has 0 saturated heterocycles. The molecule has 0 aromatic heterocycles. The SMILES string of the molecule is CNC(=O)CCCCCNC(=O)CCSCC(=O)NC. The minimum atomic E-state index is -0.0217. The quantitative estimate of drug-likeness (QED) is 0.478. The van der Waals surface area contributed by atoms with Crippen molar-refractivity contribution in [2.75, 3.05) is 32.1 Å². The number of carbonyl (C=O) groups is 3. The van der Waals surface area contributed by atoms with Crippen molar-refractivity contribution in [1.82, 2.24) is 16.0 Å². The largest absolute Gasteiger partial charge is 0.359 e. The van der Waals surface area contributed by atoms with Crippen LogP contribution in [0.1, 0.15) is 32.1 Å². The molecule has 3 amide bonds. The Morgan fingerprint density at radius 3 is 2.20 bits per heavy atom. The van der Waals surface area contributed by atoms with Gasteiger partial charge in [-0.05, 0) is 12.8 Å². The lowest BCUT2D eigenvalue weighted by molar-refractivity contribution is -0.121. The third-order valence-corrected chi connectivity index (χ3v) is 3.63. The Hall–Kier alpha value is -1.24. The van der Waals surface area contributed by atoms with Crippen LogP contribution in [0.5, 0.6) is 0 Å². The highest BCUT2D eigenvalue weighted by Crippen LogP contribution is 2.02. The number of rotatable bonds is 11. The summed E-state index contributed by atoms with van der Waals surface area (Å²) in [5.41, 5.74) is 0. The van der Waals surface area contributed by atoms with Crippen molar-refractivity contribution in [3.8, 4) is 0 Å². The van der Waals surface area contributed by atoms with E-state index in [0.29, 0.717) is 30.9 Å². The first-order chi connectivity index (χ1) is 9.60. The van der Waals surface area contributed by atoms with Gasteiger partial charge >= 0.3 is 0 Å². The van der Waals surface area contributed by atoms with E-state index in [2.05, 4.69) is 16.0 Å². The summed E-state index contributed by atoms with van der Waals surface area (Å²) < 4.78 is 0. The molecule has 3 N–H and O–H groups in total. The second-order valence-corrected chi connectivity index (χ2v) is 5.41. The van der Waals surface area contributed by atoms with Crippen LogP contribution in [0.3, 0.4) is 0 Å². The molecule has 0 heterocycles. The zero-order valence-electron chi connectivity index (χ0n) is 12.3. The van der Waals surface area contributed by atoms with Gasteiger partial charge in [0.25, 0.3) is 0 Å². The summed E-state index contributed by atoms with van der Waals surface area (Å²) >= 11 is 1.45. The number of hydrogen-bond acceptors (Lipinski definition) is 4. The van der Waals surface area contributed by atoms with Gasteiger partial charge < -0.3 is 16.0 Å². The molecule has 116 valence electrons. The molecule has 0 rings (SSSR count). The van der Waals surface area contributed by atoms with Crippen LogP contribution in [0.4, 0.5) is 0 Å². The van der Waals surface area contributed by atoms with E-state index in [4.69, 9.17) is 0 Å². The predicted molar refractivity (Wildman–Crippen MR) is 81.6 cm³/mol. The highest BCUT2D eigenvalue weighted by atomic mass is 32.2. The molecule has 0 aromatic rings. The second kappa shape index (κ2) is 12.8. The van der Waals surface area contributed by atoms with Gasteiger partial charge in [0.15, 0.2) is 0 Å². The third-order valence-electron chi connectivity index (χ3n) is 2.67. The number of unbranched alkanes of at least 4 members (excludes halogenated alkanes) is 2. The maximum absolute atomic E-state index is 11.5. The maximum atomic E-state index is 11.5. The number of amides is 3. The molecule has 0 fully saturated rings. The van der Waals surface area contributed by atoms with Crippen molar-refractivity contribution in [1.29, 1.82) is 0 Å². The average Bonchev–Trinajstić information content (AvgIpc) is 2.46. The molecule has 0 unspecified atom stereocenters. The standard InChI is InChI=1S/C13H25N3O3S/c1-14-11(17)6-4-3-5-8-16-12(18)7-9-20-10-13(19)15-2/h3-10H2,1-2H3,(H,14,17)(H,15,19)(H,16,18). The Kier molecular flexibility index (Phi) is 12.0. The van der Waals surface area contributed by atoms with Crippen LogP contribution in [-0.2, 0) is 14.4 Å². The second-order valence-electron chi connectivity index (χ2n) is 4.31. The Balaban J connectivity index is 3.32. The van der Waals surface area contributed by atoms with Gasteiger partial charge in [0.05, 0.1) is 5.75 Å². The lowest BCUT2D eigenvalue weighted by Gasteiger charge is -2.05.